The molecule has 1 aliphatic heterocycles. The summed E-state index contributed by atoms with van der Waals surface area (Å²) in [4.78, 5) is 28.1. The lowest BCUT2D eigenvalue weighted by molar-refractivity contribution is -0.133. The summed E-state index contributed by atoms with van der Waals surface area (Å²) in [5.74, 6) is -0.0638. The topological polar surface area (TPSA) is 53.2 Å². The van der Waals surface area contributed by atoms with Crippen LogP contribution in [0.15, 0.2) is 24.4 Å². The van der Waals surface area contributed by atoms with Gasteiger partial charge in [0.05, 0.1) is 6.42 Å². The Balaban J connectivity index is 1.76. The van der Waals surface area contributed by atoms with Crippen LogP contribution in [0.2, 0.25) is 0 Å². The van der Waals surface area contributed by atoms with E-state index in [-0.39, 0.29) is 23.9 Å². The second kappa shape index (κ2) is 5.07. The average Bonchev–Trinajstić information content (AvgIpc) is 2.81. The maximum absolute atomic E-state index is 13.1. The summed E-state index contributed by atoms with van der Waals surface area (Å²) < 4.78 is 13.1. The van der Waals surface area contributed by atoms with Crippen LogP contribution in [0.1, 0.15) is 18.4 Å². The number of H-pyrrole nitrogens is 1. The number of hydrogen-bond donors (Lipinski definition) is 1. The summed E-state index contributed by atoms with van der Waals surface area (Å²) in [6.45, 7) is 1.02. The zero-order valence-electron chi connectivity index (χ0n) is 11.0. The van der Waals surface area contributed by atoms with Crippen LogP contribution in [0.25, 0.3) is 10.9 Å². The number of ketones is 1. The SMILES string of the molecule is O=C1CCN(C(=O)Cc2c[nH]c3cc(F)ccc23)CC1. The quantitative estimate of drug-likeness (QED) is 0.911. The van der Waals surface area contributed by atoms with E-state index in [0.717, 1.165) is 10.9 Å². The highest BCUT2D eigenvalue weighted by Crippen LogP contribution is 2.20. The van der Waals surface area contributed by atoms with Gasteiger partial charge in [0.1, 0.15) is 11.6 Å². The van der Waals surface area contributed by atoms with Crippen molar-refractivity contribution in [2.24, 2.45) is 0 Å². The molecule has 0 saturated carbocycles. The van der Waals surface area contributed by atoms with Crippen LogP contribution in [0.4, 0.5) is 4.39 Å². The van der Waals surface area contributed by atoms with Crippen LogP contribution < -0.4 is 0 Å². The number of carbonyl (C=O) groups is 2. The number of Topliss-reactive ketones (excluding diaryl/α,β-unsaturated/α-hetero) is 1. The van der Waals surface area contributed by atoms with Gasteiger partial charge in [-0.2, -0.15) is 0 Å². The van der Waals surface area contributed by atoms with Gasteiger partial charge in [0.15, 0.2) is 0 Å². The minimum absolute atomic E-state index is 0.0164. The molecule has 0 spiro atoms. The van der Waals surface area contributed by atoms with Gasteiger partial charge in [-0.15, -0.1) is 0 Å². The third-order valence-corrected chi connectivity index (χ3v) is 3.74. The molecule has 2 aromatic rings. The van der Waals surface area contributed by atoms with E-state index in [4.69, 9.17) is 0 Å². The monoisotopic (exact) mass is 274 g/mol. The van der Waals surface area contributed by atoms with Crippen LogP contribution in [0, 0.1) is 5.82 Å². The molecule has 2 heterocycles. The molecule has 1 N–H and O–H groups in total. The van der Waals surface area contributed by atoms with Gasteiger partial charge in [0.25, 0.3) is 0 Å². The molecule has 20 heavy (non-hydrogen) atoms. The first kappa shape index (κ1) is 12.8. The van der Waals surface area contributed by atoms with Crippen molar-refractivity contribution >= 4 is 22.6 Å². The van der Waals surface area contributed by atoms with Gasteiger partial charge in [-0.05, 0) is 23.8 Å². The van der Waals surface area contributed by atoms with Gasteiger partial charge in [0.2, 0.25) is 5.91 Å². The molecular formula is C15H15FN2O2. The zero-order valence-corrected chi connectivity index (χ0v) is 11.0. The lowest BCUT2D eigenvalue weighted by atomic mass is 10.1. The molecule has 0 radical (unpaired) electrons. The first-order chi connectivity index (χ1) is 9.63. The number of amides is 1. The van der Waals surface area contributed by atoms with Crippen LogP contribution in [-0.4, -0.2) is 34.7 Å². The summed E-state index contributed by atoms with van der Waals surface area (Å²) in [7, 11) is 0. The summed E-state index contributed by atoms with van der Waals surface area (Å²) >= 11 is 0. The number of nitrogens with zero attached hydrogens (tertiary/aromatic N) is 1. The third kappa shape index (κ3) is 2.43. The highest BCUT2D eigenvalue weighted by molar-refractivity contribution is 5.90. The predicted molar refractivity (Wildman–Crippen MR) is 72.8 cm³/mol. The van der Waals surface area contributed by atoms with E-state index in [1.807, 2.05) is 0 Å². The molecule has 0 bridgehead atoms. The Kier molecular flexibility index (Phi) is 3.26. The normalized spacial score (nSPS) is 15.8. The molecule has 1 fully saturated rings. The molecule has 3 rings (SSSR count). The van der Waals surface area contributed by atoms with Gasteiger partial charge >= 0.3 is 0 Å². The van der Waals surface area contributed by atoms with Gasteiger partial charge in [0, 0.05) is 43.0 Å². The smallest absolute Gasteiger partial charge is 0.227 e. The minimum atomic E-state index is -0.299. The van der Waals surface area contributed by atoms with Crippen molar-refractivity contribution in [1.82, 2.24) is 9.88 Å². The zero-order chi connectivity index (χ0) is 14.1. The van der Waals surface area contributed by atoms with E-state index in [1.165, 1.54) is 12.1 Å². The molecule has 1 aromatic heterocycles. The predicted octanol–water partition coefficient (Wildman–Crippen LogP) is 2.04. The minimum Gasteiger partial charge on any atom is -0.361 e. The van der Waals surface area contributed by atoms with E-state index >= 15 is 0 Å². The maximum atomic E-state index is 13.1. The van der Waals surface area contributed by atoms with Crippen molar-refractivity contribution in [2.45, 2.75) is 19.3 Å². The second-order valence-corrected chi connectivity index (χ2v) is 5.10. The third-order valence-electron chi connectivity index (χ3n) is 3.74. The molecule has 0 unspecified atom stereocenters. The van der Waals surface area contributed by atoms with Crippen molar-refractivity contribution in [3.63, 3.8) is 0 Å². The Hall–Kier alpha value is -2.17. The maximum Gasteiger partial charge on any atom is 0.227 e. The van der Waals surface area contributed by atoms with Crippen LogP contribution in [0.3, 0.4) is 0 Å². The first-order valence-electron chi connectivity index (χ1n) is 6.68. The summed E-state index contributed by atoms with van der Waals surface area (Å²) in [6, 6.07) is 4.50. The molecule has 0 atom stereocenters. The molecule has 1 aliphatic rings. The van der Waals surface area contributed by atoms with Crippen molar-refractivity contribution in [3.05, 3.63) is 35.8 Å². The number of fused-ring (bicyclic) bond motifs is 1. The van der Waals surface area contributed by atoms with Crippen molar-refractivity contribution in [3.8, 4) is 0 Å². The average molecular weight is 274 g/mol. The van der Waals surface area contributed by atoms with Crippen molar-refractivity contribution in [2.75, 3.05) is 13.1 Å². The molecule has 5 heteroatoms. The Morgan fingerprint density at radius 2 is 2.05 bits per heavy atom. The number of hydrogen-bond acceptors (Lipinski definition) is 2. The number of likely N-dealkylation sites (tertiary alicyclic amines) is 1. The summed E-state index contributed by atoms with van der Waals surface area (Å²) in [5.41, 5.74) is 1.56. The lowest BCUT2D eigenvalue weighted by Gasteiger charge is -2.26. The van der Waals surface area contributed by atoms with E-state index in [1.54, 1.807) is 17.2 Å². The molecule has 1 aromatic carbocycles. The van der Waals surface area contributed by atoms with Crippen molar-refractivity contribution in [1.29, 1.82) is 0 Å². The highest BCUT2D eigenvalue weighted by atomic mass is 19.1. The Labute approximate surface area is 115 Å². The fourth-order valence-electron chi connectivity index (χ4n) is 2.59. The molecule has 0 aliphatic carbocycles. The van der Waals surface area contributed by atoms with Crippen molar-refractivity contribution < 1.29 is 14.0 Å². The van der Waals surface area contributed by atoms with E-state index < -0.39 is 0 Å². The second-order valence-electron chi connectivity index (χ2n) is 5.10. The van der Waals surface area contributed by atoms with Gasteiger partial charge in [-0.25, -0.2) is 4.39 Å². The van der Waals surface area contributed by atoms with Gasteiger partial charge in [-0.1, -0.05) is 0 Å². The number of carbonyl (C=O) groups excluding carboxylic acids is 2. The fourth-order valence-corrected chi connectivity index (χ4v) is 2.59. The molecule has 104 valence electrons. The molecule has 4 nitrogen and oxygen atoms in total. The summed E-state index contributed by atoms with van der Waals surface area (Å²) in [6.07, 6.45) is 2.92. The number of aromatic nitrogens is 1. The largest absolute Gasteiger partial charge is 0.361 e. The van der Waals surface area contributed by atoms with Gasteiger partial charge in [-0.3, -0.25) is 9.59 Å². The van der Waals surface area contributed by atoms with Crippen LogP contribution >= 0.6 is 0 Å². The summed E-state index contributed by atoms with van der Waals surface area (Å²) in [5, 5.41) is 0.868. The fraction of sp³-hybridized carbons (Fsp3) is 0.333. The first-order valence-corrected chi connectivity index (χ1v) is 6.68. The van der Waals surface area contributed by atoms with Crippen LogP contribution in [-0.2, 0) is 16.0 Å². The molecule has 1 amide bonds. The van der Waals surface area contributed by atoms with Crippen LogP contribution in [0.5, 0.6) is 0 Å². The Bertz CT molecular complexity index is 668. The highest BCUT2D eigenvalue weighted by Gasteiger charge is 2.21. The number of rotatable bonds is 2. The number of nitrogens with one attached hydrogen (secondary N) is 1. The van der Waals surface area contributed by atoms with Gasteiger partial charge < -0.3 is 9.88 Å². The van der Waals surface area contributed by atoms with E-state index in [2.05, 4.69) is 4.98 Å². The molecular weight excluding hydrogens is 259 g/mol. The number of aromatic amines is 1. The van der Waals surface area contributed by atoms with E-state index in [9.17, 15) is 14.0 Å². The lowest BCUT2D eigenvalue weighted by Crippen LogP contribution is -2.39. The Morgan fingerprint density at radius 3 is 2.80 bits per heavy atom. The Morgan fingerprint density at radius 1 is 1.30 bits per heavy atom. The number of halogens is 1. The number of piperidine rings is 1. The van der Waals surface area contributed by atoms with E-state index in [0.29, 0.717) is 31.4 Å². The number of benzene rings is 1. The molecule has 1 saturated heterocycles. The standard InChI is InChI=1S/C15H15FN2O2/c16-11-1-2-13-10(9-17-14(13)8-11)7-15(20)18-5-3-12(19)4-6-18/h1-2,8-9,17H,3-7H2.